The van der Waals surface area contributed by atoms with Gasteiger partial charge in [-0.05, 0) is 43.0 Å². The number of aromatic hydroxyl groups is 2. The van der Waals surface area contributed by atoms with Crippen LogP contribution in [0.4, 0.5) is 11.4 Å². The van der Waals surface area contributed by atoms with Crippen LogP contribution < -0.4 is 0 Å². The normalized spacial score (nSPS) is 12.1. The van der Waals surface area contributed by atoms with Crippen LogP contribution in [0.15, 0.2) is 57.6 Å². The molecule has 0 amide bonds. The van der Waals surface area contributed by atoms with Crippen molar-refractivity contribution in [3.8, 4) is 11.5 Å². The highest BCUT2D eigenvalue weighted by Crippen LogP contribution is 2.42. The van der Waals surface area contributed by atoms with Crippen molar-refractivity contribution in [2.75, 3.05) is 0 Å². The van der Waals surface area contributed by atoms with Crippen LogP contribution in [0.3, 0.4) is 0 Å². The highest BCUT2D eigenvalue weighted by Gasteiger charge is 2.22. The zero-order valence-electron chi connectivity index (χ0n) is 14.0. The number of hydrogen-bond acceptors (Lipinski definition) is 6. The van der Waals surface area contributed by atoms with Gasteiger partial charge < -0.3 is 10.2 Å². The van der Waals surface area contributed by atoms with Gasteiger partial charge in [0, 0.05) is 5.39 Å². The summed E-state index contributed by atoms with van der Waals surface area (Å²) in [7, 11) is -4.66. The Morgan fingerprint density at radius 3 is 2.23 bits per heavy atom. The molecular formula is C18H16N2O5S. The predicted octanol–water partition coefficient (Wildman–Crippen LogP) is 4.53. The van der Waals surface area contributed by atoms with Gasteiger partial charge in [-0.25, -0.2) is 0 Å². The van der Waals surface area contributed by atoms with Crippen LogP contribution in [-0.4, -0.2) is 23.2 Å². The lowest BCUT2D eigenvalue weighted by Crippen LogP contribution is -1.99. The van der Waals surface area contributed by atoms with Gasteiger partial charge in [0.2, 0.25) is 0 Å². The Bertz CT molecular complexity index is 1150. The van der Waals surface area contributed by atoms with E-state index >= 15 is 0 Å². The minimum Gasteiger partial charge on any atom is -0.506 e. The second-order valence-corrected chi connectivity index (χ2v) is 7.35. The Hall–Kier alpha value is -2.97. The van der Waals surface area contributed by atoms with E-state index in [-0.39, 0.29) is 11.4 Å². The number of nitrogens with zero attached hydrogens (tertiary/aromatic N) is 2. The van der Waals surface area contributed by atoms with Crippen molar-refractivity contribution >= 4 is 32.3 Å². The van der Waals surface area contributed by atoms with Crippen LogP contribution in [0.25, 0.3) is 10.8 Å². The highest BCUT2D eigenvalue weighted by atomic mass is 32.2. The van der Waals surface area contributed by atoms with Crippen molar-refractivity contribution in [1.82, 2.24) is 0 Å². The van der Waals surface area contributed by atoms with Crippen molar-refractivity contribution in [3.05, 3.63) is 53.6 Å². The molecule has 0 spiro atoms. The fraction of sp³-hybridized carbons (Fsp3) is 0.111. The third kappa shape index (κ3) is 3.37. The maximum Gasteiger partial charge on any atom is 0.296 e. The van der Waals surface area contributed by atoms with E-state index in [2.05, 4.69) is 10.2 Å². The van der Waals surface area contributed by atoms with Crippen molar-refractivity contribution in [1.29, 1.82) is 0 Å². The van der Waals surface area contributed by atoms with Gasteiger partial charge in [-0.3, -0.25) is 4.55 Å². The van der Waals surface area contributed by atoms with Crippen molar-refractivity contribution in [3.63, 3.8) is 0 Å². The largest absolute Gasteiger partial charge is 0.506 e. The fourth-order valence-corrected chi connectivity index (χ4v) is 3.24. The lowest BCUT2D eigenvalue weighted by atomic mass is 10.1. The predicted molar refractivity (Wildman–Crippen MR) is 97.2 cm³/mol. The Morgan fingerprint density at radius 1 is 0.885 bits per heavy atom. The summed E-state index contributed by atoms with van der Waals surface area (Å²) in [5, 5.41) is 28.8. The van der Waals surface area contributed by atoms with E-state index in [1.54, 1.807) is 37.3 Å². The number of phenolic OH excluding ortho intramolecular Hbond substituents is 2. The van der Waals surface area contributed by atoms with E-state index in [1.165, 1.54) is 12.1 Å². The zero-order chi connectivity index (χ0) is 19.1. The number of benzene rings is 3. The molecule has 0 saturated carbocycles. The molecule has 0 aliphatic rings. The maximum atomic E-state index is 11.8. The zero-order valence-corrected chi connectivity index (χ0v) is 14.8. The van der Waals surface area contributed by atoms with Crippen LogP contribution in [0.2, 0.25) is 0 Å². The summed E-state index contributed by atoms with van der Waals surface area (Å²) >= 11 is 0. The lowest BCUT2D eigenvalue weighted by molar-refractivity contribution is 0.471. The van der Waals surface area contributed by atoms with Crippen LogP contribution in [0.5, 0.6) is 11.5 Å². The van der Waals surface area contributed by atoms with Crippen molar-refractivity contribution in [2.24, 2.45) is 10.2 Å². The van der Waals surface area contributed by atoms with E-state index in [1.807, 2.05) is 6.92 Å². The van der Waals surface area contributed by atoms with Crippen LogP contribution >= 0.6 is 0 Å². The SMILES string of the molecule is Cc1ccc(O)c(N=Nc2c(S(=O)(=O)O)cc3cc(C)ccc3c2O)c1. The minimum absolute atomic E-state index is 0.106. The van der Waals surface area contributed by atoms with E-state index in [4.69, 9.17) is 0 Å². The standard InChI is InChI=1S/C18H16N2O5S/c1-10-3-5-13-12(7-10)9-16(26(23,24)25)17(18(13)22)20-19-14-8-11(2)4-6-15(14)21/h3-9,21-22H,1-2H3,(H,23,24,25). The second-order valence-electron chi connectivity index (χ2n) is 5.96. The van der Waals surface area contributed by atoms with Gasteiger partial charge in [-0.15, -0.1) is 10.2 Å². The molecule has 0 radical (unpaired) electrons. The third-order valence-electron chi connectivity index (χ3n) is 3.87. The van der Waals surface area contributed by atoms with E-state index in [9.17, 15) is 23.2 Å². The molecule has 0 aliphatic heterocycles. The van der Waals surface area contributed by atoms with Crippen molar-refractivity contribution < 1.29 is 23.2 Å². The molecule has 3 aromatic rings. The van der Waals surface area contributed by atoms with Crippen LogP contribution in [0.1, 0.15) is 11.1 Å². The van der Waals surface area contributed by atoms with Crippen LogP contribution in [-0.2, 0) is 10.1 Å². The Kier molecular flexibility index (Phi) is 4.39. The first kappa shape index (κ1) is 17.8. The van der Waals surface area contributed by atoms with Gasteiger partial charge in [0.1, 0.15) is 22.0 Å². The summed E-state index contributed by atoms with van der Waals surface area (Å²) in [6.07, 6.45) is 0. The minimum atomic E-state index is -4.66. The number of phenols is 2. The summed E-state index contributed by atoms with van der Waals surface area (Å²) in [5.74, 6) is -0.574. The first-order chi connectivity index (χ1) is 12.2. The number of azo groups is 1. The molecule has 0 saturated heterocycles. The van der Waals surface area contributed by atoms with Gasteiger partial charge >= 0.3 is 0 Å². The first-order valence-corrected chi connectivity index (χ1v) is 9.06. The Labute approximate surface area is 150 Å². The Balaban J connectivity index is 2.27. The summed E-state index contributed by atoms with van der Waals surface area (Å²) in [6.45, 7) is 3.61. The smallest absolute Gasteiger partial charge is 0.296 e. The van der Waals surface area contributed by atoms with E-state index in [0.29, 0.717) is 10.8 Å². The molecule has 0 unspecified atom stereocenters. The molecule has 8 heteroatoms. The molecule has 3 aromatic carbocycles. The first-order valence-electron chi connectivity index (χ1n) is 7.62. The topological polar surface area (TPSA) is 120 Å². The molecule has 134 valence electrons. The van der Waals surface area contributed by atoms with Gasteiger partial charge in [-0.1, -0.05) is 29.8 Å². The van der Waals surface area contributed by atoms with Gasteiger partial charge in [0.05, 0.1) is 0 Å². The molecule has 0 fully saturated rings. The monoisotopic (exact) mass is 372 g/mol. The molecule has 0 aliphatic carbocycles. The average molecular weight is 372 g/mol. The number of fused-ring (bicyclic) bond motifs is 1. The fourth-order valence-electron chi connectivity index (χ4n) is 2.58. The molecular weight excluding hydrogens is 356 g/mol. The number of rotatable bonds is 3. The molecule has 0 heterocycles. The summed E-state index contributed by atoms with van der Waals surface area (Å²) < 4.78 is 33.0. The van der Waals surface area contributed by atoms with Gasteiger partial charge in [0.25, 0.3) is 10.1 Å². The molecule has 0 bridgehead atoms. The van der Waals surface area contributed by atoms with Crippen molar-refractivity contribution in [2.45, 2.75) is 18.7 Å². The number of hydrogen-bond donors (Lipinski definition) is 3. The molecule has 7 nitrogen and oxygen atoms in total. The highest BCUT2D eigenvalue weighted by molar-refractivity contribution is 7.86. The number of aryl methyl sites for hydroxylation is 2. The molecule has 26 heavy (non-hydrogen) atoms. The molecule has 3 N–H and O–H groups in total. The van der Waals surface area contributed by atoms with E-state index in [0.717, 1.165) is 11.1 Å². The lowest BCUT2D eigenvalue weighted by Gasteiger charge is -2.09. The third-order valence-corrected chi connectivity index (χ3v) is 4.74. The van der Waals surface area contributed by atoms with E-state index < -0.39 is 26.5 Å². The van der Waals surface area contributed by atoms with Gasteiger partial charge in [-0.2, -0.15) is 8.42 Å². The quantitative estimate of drug-likeness (QED) is 0.461. The van der Waals surface area contributed by atoms with Gasteiger partial charge in [0.15, 0.2) is 5.75 Å². The maximum absolute atomic E-state index is 11.8. The second kappa shape index (κ2) is 6.40. The molecule has 3 rings (SSSR count). The summed E-state index contributed by atoms with van der Waals surface area (Å²) in [6, 6.07) is 10.9. The average Bonchev–Trinajstić information content (AvgIpc) is 2.55. The summed E-state index contributed by atoms with van der Waals surface area (Å²) in [5.41, 5.74) is 1.38. The summed E-state index contributed by atoms with van der Waals surface area (Å²) in [4.78, 5) is -0.566. The molecule has 0 atom stereocenters. The Morgan fingerprint density at radius 2 is 1.54 bits per heavy atom. The van der Waals surface area contributed by atoms with Crippen LogP contribution in [0, 0.1) is 13.8 Å². The molecule has 0 aromatic heterocycles.